The molecule has 19 heavy (non-hydrogen) atoms. The number of aromatic nitrogens is 1. The highest BCUT2D eigenvalue weighted by Gasteiger charge is 2.16. The molecule has 2 rings (SSSR count). The Kier molecular flexibility index (Phi) is 5.51. The van der Waals surface area contributed by atoms with Crippen molar-refractivity contribution in [1.82, 2.24) is 10.3 Å². The fourth-order valence-corrected chi connectivity index (χ4v) is 3.08. The quantitative estimate of drug-likeness (QED) is 0.869. The molecule has 0 aliphatic carbocycles. The molecule has 1 atom stereocenters. The molecule has 104 valence electrons. The first-order valence-electron chi connectivity index (χ1n) is 6.88. The molecule has 1 saturated heterocycles. The zero-order chi connectivity index (χ0) is 13.5. The molecule has 1 aromatic heterocycles. The van der Waals surface area contributed by atoms with Gasteiger partial charge in [0.25, 0.3) is 5.91 Å². The molecule has 1 amide bonds. The Balaban J connectivity index is 1.87. The van der Waals surface area contributed by atoms with Crippen LogP contribution in [0, 0.1) is 0 Å². The first kappa shape index (κ1) is 14.2. The molecular weight excluding hydrogens is 258 g/mol. The van der Waals surface area contributed by atoms with Crippen LogP contribution in [-0.2, 0) is 0 Å². The van der Waals surface area contributed by atoms with Gasteiger partial charge in [0.1, 0.15) is 5.82 Å². The maximum Gasteiger partial charge on any atom is 0.253 e. The first-order chi connectivity index (χ1) is 9.29. The predicted octanol–water partition coefficient (Wildman–Crippen LogP) is 2.53. The fraction of sp³-hybridized carbons (Fsp3) is 0.571. The van der Waals surface area contributed by atoms with E-state index in [-0.39, 0.29) is 5.91 Å². The normalized spacial score (nSPS) is 18.9. The van der Waals surface area contributed by atoms with Gasteiger partial charge in [0.15, 0.2) is 0 Å². The standard InChI is InChI=1S/C14H21N3OS/c1-2-7-15-13-6-5-11(9-16-13)14(18)17-12-4-3-8-19-10-12/h5-6,9,12H,2-4,7-8,10H2,1H3,(H,15,16)(H,17,18). The number of carbonyl (C=O) groups excluding carboxylic acids is 1. The molecule has 1 unspecified atom stereocenters. The summed E-state index contributed by atoms with van der Waals surface area (Å²) >= 11 is 1.91. The second-order valence-corrected chi connectivity index (χ2v) is 5.90. The molecular formula is C14H21N3OS. The highest BCUT2D eigenvalue weighted by atomic mass is 32.2. The van der Waals surface area contributed by atoms with Gasteiger partial charge < -0.3 is 10.6 Å². The number of carbonyl (C=O) groups is 1. The van der Waals surface area contributed by atoms with E-state index in [1.807, 2.05) is 23.9 Å². The third-order valence-corrected chi connectivity index (χ3v) is 4.29. The van der Waals surface area contributed by atoms with Crippen LogP contribution < -0.4 is 10.6 Å². The van der Waals surface area contributed by atoms with E-state index in [1.54, 1.807) is 6.20 Å². The lowest BCUT2D eigenvalue weighted by atomic mass is 10.1. The lowest BCUT2D eigenvalue weighted by molar-refractivity contribution is 0.0938. The summed E-state index contributed by atoms with van der Waals surface area (Å²) in [6, 6.07) is 4.00. The minimum absolute atomic E-state index is 0.0120. The van der Waals surface area contributed by atoms with E-state index in [0.29, 0.717) is 11.6 Å². The molecule has 1 fully saturated rings. The number of rotatable bonds is 5. The van der Waals surface area contributed by atoms with Crippen molar-refractivity contribution in [1.29, 1.82) is 0 Å². The molecule has 0 aromatic carbocycles. The molecule has 1 aliphatic rings. The van der Waals surface area contributed by atoms with Crippen LogP contribution in [0.1, 0.15) is 36.5 Å². The van der Waals surface area contributed by atoms with Crippen LogP contribution >= 0.6 is 11.8 Å². The Morgan fingerprint density at radius 1 is 1.53 bits per heavy atom. The van der Waals surface area contributed by atoms with Gasteiger partial charge in [-0.3, -0.25) is 4.79 Å². The van der Waals surface area contributed by atoms with Crippen LogP contribution in [0.5, 0.6) is 0 Å². The van der Waals surface area contributed by atoms with Gasteiger partial charge >= 0.3 is 0 Å². The van der Waals surface area contributed by atoms with Crippen molar-refractivity contribution in [3.05, 3.63) is 23.9 Å². The second-order valence-electron chi connectivity index (χ2n) is 4.75. The van der Waals surface area contributed by atoms with Gasteiger partial charge in [-0.2, -0.15) is 11.8 Å². The Bertz CT molecular complexity index is 402. The summed E-state index contributed by atoms with van der Waals surface area (Å²) in [5, 5.41) is 6.27. The summed E-state index contributed by atoms with van der Waals surface area (Å²) < 4.78 is 0. The van der Waals surface area contributed by atoms with Crippen LogP contribution in [0.4, 0.5) is 5.82 Å². The smallest absolute Gasteiger partial charge is 0.253 e. The first-order valence-corrected chi connectivity index (χ1v) is 8.03. The van der Waals surface area contributed by atoms with Crippen molar-refractivity contribution >= 4 is 23.5 Å². The molecule has 1 aromatic rings. The number of hydrogen-bond donors (Lipinski definition) is 2. The lowest BCUT2D eigenvalue weighted by Gasteiger charge is -2.22. The van der Waals surface area contributed by atoms with Crippen LogP contribution in [0.15, 0.2) is 18.3 Å². The number of nitrogens with zero attached hydrogens (tertiary/aromatic N) is 1. The second kappa shape index (κ2) is 7.38. The Morgan fingerprint density at radius 3 is 3.05 bits per heavy atom. The summed E-state index contributed by atoms with van der Waals surface area (Å²) in [4.78, 5) is 16.3. The van der Waals surface area contributed by atoms with E-state index in [0.717, 1.165) is 31.0 Å². The highest BCUT2D eigenvalue weighted by Crippen LogP contribution is 2.17. The van der Waals surface area contributed by atoms with Crippen molar-refractivity contribution in [3.63, 3.8) is 0 Å². The molecule has 0 spiro atoms. The average Bonchev–Trinajstić information content (AvgIpc) is 2.46. The molecule has 2 heterocycles. The highest BCUT2D eigenvalue weighted by molar-refractivity contribution is 7.99. The molecule has 5 heteroatoms. The van der Waals surface area contributed by atoms with Crippen LogP contribution in [0.3, 0.4) is 0 Å². The number of pyridine rings is 1. The molecule has 0 radical (unpaired) electrons. The fourth-order valence-electron chi connectivity index (χ4n) is 2.01. The van der Waals surface area contributed by atoms with Crippen molar-refractivity contribution in [2.75, 3.05) is 23.4 Å². The summed E-state index contributed by atoms with van der Waals surface area (Å²) in [5.74, 6) is 3.05. The van der Waals surface area contributed by atoms with Crippen molar-refractivity contribution in [2.24, 2.45) is 0 Å². The minimum atomic E-state index is -0.0120. The topological polar surface area (TPSA) is 54.0 Å². The van der Waals surface area contributed by atoms with E-state index < -0.39 is 0 Å². The zero-order valence-corrected chi connectivity index (χ0v) is 12.1. The van der Waals surface area contributed by atoms with Gasteiger partial charge in [0.05, 0.1) is 5.56 Å². The van der Waals surface area contributed by atoms with E-state index >= 15 is 0 Å². The van der Waals surface area contributed by atoms with Gasteiger partial charge in [-0.1, -0.05) is 6.92 Å². The van der Waals surface area contributed by atoms with E-state index in [4.69, 9.17) is 0 Å². The molecule has 1 aliphatic heterocycles. The summed E-state index contributed by atoms with van der Waals surface area (Å²) in [7, 11) is 0. The maximum absolute atomic E-state index is 12.1. The molecule has 4 nitrogen and oxygen atoms in total. The zero-order valence-electron chi connectivity index (χ0n) is 11.3. The van der Waals surface area contributed by atoms with Gasteiger partial charge in [0.2, 0.25) is 0 Å². The third-order valence-electron chi connectivity index (χ3n) is 3.08. The van der Waals surface area contributed by atoms with Crippen LogP contribution in [-0.4, -0.2) is 35.0 Å². The predicted molar refractivity (Wildman–Crippen MR) is 80.8 cm³/mol. The number of anilines is 1. The van der Waals surface area contributed by atoms with E-state index in [2.05, 4.69) is 22.5 Å². The number of amides is 1. The summed E-state index contributed by atoms with van der Waals surface area (Å²) in [5.41, 5.74) is 0.637. The van der Waals surface area contributed by atoms with E-state index in [1.165, 1.54) is 12.2 Å². The maximum atomic E-state index is 12.1. The third kappa shape index (κ3) is 4.42. The largest absolute Gasteiger partial charge is 0.370 e. The summed E-state index contributed by atoms with van der Waals surface area (Å²) in [6.45, 7) is 3.01. The van der Waals surface area contributed by atoms with Crippen molar-refractivity contribution < 1.29 is 4.79 Å². The van der Waals surface area contributed by atoms with Gasteiger partial charge in [0, 0.05) is 24.5 Å². The molecule has 2 N–H and O–H groups in total. The summed E-state index contributed by atoms with van der Waals surface area (Å²) in [6.07, 6.45) is 4.97. The number of nitrogens with one attached hydrogen (secondary N) is 2. The van der Waals surface area contributed by atoms with Crippen molar-refractivity contribution in [3.8, 4) is 0 Å². The molecule has 0 saturated carbocycles. The SMILES string of the molecule is CCCNc1ccc(C(=O)NC2CCCSC2)cn1. The van der Waals surface area contributed by atoms with E-state index in [9.17, 15) is 4.79 Å². The van der Waals surface area contributed by atoms with Crippen molar-refractivity contribution in [2.45, 2.75) is 32.2 Å². The van der Waals surface area contributed by atoms with Gasteiger partial charge in [-0.15, -0.1) is 0 Å². The van der Waals surface area contributed by atoms with Gasteiger partial charge in [-0.25, -0.2) is 4.98 Å². The van der Waals surface area contributed by atoms with Gasteiger partial charge in [-0.05, 0) is 37.1 Å². The average molecular weight is 279 g/mol. The Labute approximate surface area is 118 Å². The van der Waals surface area contributed by atoms with Crippen LogP contribution in [0.25, 0.3) is 0 Å². The Hall–Kier alpha value is -1.23. The van der Waals surface area contributed by atoms with Crippen LogP contribution in [0.2, 0.25) is 0 Å². The minimum Gasteiger partial charge on any atom is -0.370 e. The molecule has 0 bridgehead atoms. The number of hydrogen-bond acceptors (Lipinski definition) is 4. The Morgan fingerprint density at radius 2 is 2.42 bits per heavy atom. The lowest BCUT2D eigenvalue weighted by Crippen LogP contribution is -2.38. The monoisotopic (exact) mass is 279 g/mol. The number of thioether (sulfide) groups is 1.